The molecule has 5 rings (SSSR count). The monoisotopic (exact) mass is 681 g/mol. The molecule has 0 aliphatic carbocycles. The lowest BCUT2D eigenvalue weighted by Crippen LogP contribution is -2.48. The van der Waals surface area contributed by atoms with Gasteiger partial charge < -0.3 is 49.8 Å². The van der Waals surface area contributed by atoms with E-state index in [1.54, 1.807) is 6.07 Å². The lowest BCUT2D eigenvalue weighted by atomic mass is 9.96. The zero-order valence-corrected chi connectivity index (χ0v) is 27.2. The number of hydrogen-bond acceptors (Lipinski definition) is 10. The molecule has 0 aromatic heterocycles. The van der Waals surface area contributed by atoms with Crippen molar-refractivity contribution in [1.29, 1.82) is 0 Å². The van der Waals surface area contributed by atoms with Gasteiger partial charge in [0.25, 0.3) is 0 Å². The van der Waals surface area contributed by atoms with Crippen LogP contribution in [0.25, 0.3) is 11.1 Å². The molecule has 0 saturated carbocycles. The predicted molar refractivity (Wildman–Crippen MR) is 177 cm³/mol. The second-order valence-electron chi connectivity index (χ2n) is 11.9. The van der Waals surface area contributed by atoms with Crippen LogP contribution in [0.1, 0.15) is 27.8 Å². The van der Waals surface area contributed by atoms with Gasteiger partial charge in [0.2, 0.25) is 0 Å². The number of ether oxygens (including phenoxy) is 4. The third-order valence-electron chi connectivity index (χ3n) is 8.43. The van der Waals surface area contributed by atoms with Crippen LogP contribution in [0.4, 0.5) is 8.78 Å². The van der Waals surface area contributed by atoms with E-state index in [2.05, 4.69) is 5.32 Å². The molecule has 4 aromatic carbocycles. The Morgan fingerprint density at radius 2 is 1.47 bits per heavy atom. The van der Waals surface area contributed by atoms with E-state index in [0.29, 0.717) is 41.8 Å². The van der Waals surface area contributed by atoms with Crippen molar-refractivity contribution in [2.45, 2.75) is 58.0 Å². The van der Waals surface area contributed by atoms with Gasteiger partial charge >= 0.3 is 0 Å². The highest BCUT2D eigenvalue weighted by Gasteiger charge is 2.29. The first-order chi connectivity index (χ1) is 23.5. The van der Waals surface area contributed by atoms with Crippen LogP contribution in [0.15, 0.2) is 66.7 Å². The van der Waals surface area contributed by atoms with Crippen molar-refractivity contribution in [2.75, 3.05) is 26.4 Å². The molecule has 4 atom stereocenters. The molecule has 0 fully saturated rings. The topological polar surface area (TPSA) is 150 Å². The maximum Gasteiger partial charge on any atom is 0.161 e. The summed E-state index contributed by atoms with van der Waals surface area (Å²) in [6.07, 6.45) is -6.57. The number of aryl methyl sites for hydroxylation is 1. The molecule has 0 amide bonds. The minimum Gasteiger partial charge on any atom is -0.488 e. The molecular weight excluding hydrogens is 640 g/mol. The lowest BCUT2D eigenvalue weighted by molar-refractivity contribution is -0.114. The summed E-state index contributed by atoms with van der Waals surface area (Å²) in [6.45, 7) is 4.08. The molecule has 0 spiro atoms. The Labute approximate surface area is 283 Å². The lowest BCUT2D eigenvalue weighted by Gasteiger charge is -2.26. The second kappa shape index (κ2) is 16.4. The summed E-state index contributed by atoms with van der Waals surface area (Å²) < 4.78 is 51.6. The van der Waals surface area contributed by atoms with E-state index in [0.717, 1.165) is 39.9 Å². The average Bonchev–Trinajstić information content (AvgIpc) is 3.10. The molecule has 0 saturated heterocycles. The van der Waals surface area contributed by atoms with Crippen LogP contribution < -0.4 is 24.3 Å². The Morgan fingerprint density at radius 1 is 0.755 bits per heavy atom. The van der Waals surface area contributed by atoms with Gasteiger partial charge in [0.1, 0.15) is 67.9 Å². The van der Waals surface area contributed by atoms with Gasteiger partial charge in [-0.1, -0.05) is 24.3 Å². The van der Waals surface area contributed by atoms with Crippen molar-refractivity contribution in [3.05, 3.63) is 106 Å². The molecule has 6 N–H and O–H groups in total. The summed E-state index contributed by atoms with van der Waals surface area (Å²) in [5, 5.41) is 52.0. The van der Waals surface area contributed by atoms with Crippen LogP contribution in [0.5, 0.6) is 23.0 Å². The fourth-order valence-corrected chi connectivity index (χ4v) is 5.51. The first-order valence-corrected chi connectivity index (χ1v) is 15.9. The average molecular weight is 682 g/mol. The molecule has 10 nitrogen and oxygen atoms in total. The van der Waals surface area contributed by atoms with E-state index in [-0.39, 0.29) is 31.9 Å². The summed E-state index contributed by atoms with van der Waals surface area (Å²) in [7, 11) is 0. The van der Waals surface area contributed by atoms with E-state index in [1.807, 2.05) is 56.3 Å². The highest BCUT2D eigenvalue weighted by Crippen LogP contribution is 2.37. The van der Waals surface area contributed by atoms with Crippen LogP contribution in [0, 0.1) is 25.5 Å². The van der Waals surface area contributed by atoms with Crippen molar-refractivity contribution in [1.82, 2.24) is 5.32 Å². The predicted octanol–water partition coefficient (Wildman–Crippen LogP) is 3.70. The Bertz CT molecular complexity index is 1740. The Morgan fingerprint density at radius 3 is 2.22 bits per heavy atom. The molecule has 0 radical (unpaired) electrons. The summed E-state index contributed by atoms with van der Waals surface area (Å²) in [6, 6.07) is 18.5. The first-order valence-electron chi connectivity index (χ1n) is 15.9. The Kier molecular flexibility index (Phi) is 12.0. The Balaban J connectivity index is 1.33. The number of rotatable bonds is 15. The van der Waals surface area contributed by atoms with Crippen molar-refractivity contribution in [3.8, 4) is 34.1 Å². The maximum atomic E-state index is 14.4. The van der Waals surface area contributed by atoms with Crippen molar-refractivity contribution in [3.63, 3.8) is 0 Å². The highest BCUT2D eigenvalue weighted by atomic mass is 19.1. The SMILES string of the molecule is Cc1cc(CNCC(O)C(O)C(O)C(O)CO)c(OCc2ccc(F)cc2F)cc1OCc1cccc(-c2ccc3c(c2)OCCO3)c1C. The quantitative estimate of drug-likeness (QED) is 0.110. The van der Waals surface area contributed by atoms with Crippen molar-refractivity contribution < 1.29 is 53.3 Å². The number of hydrogen-bond donors (Lipinski definition) is 6. The molecule has 4 unspecified atom stereocenters. The van der Waals surface area contributed by atoms with Crippen molar-refractivity contribution >= 4 is 0 Å². The van der Waals surface area contributed by atoms with Crippen LogP contribution in [0.2, 0.25) is 0 Å². The number of benzene rings is 4. The molecule has 1 heterocycles. The van der Waals surface area contributed by atoms with Gasteiger partial charge in [-0.2, -0.15) is 0 Å². The third kappa shape index (κ3) is 8.84. The van der Waals surface area contributed by atoms with E-state index in [4.69, 9.17) is 24.1 Å². The number of aliphatic hydroxyl groups is 5. The number of fused-ring (bicyclic) bond motifs is 1. The largest absolute Gasteiger partial charge is 0.488 e. The number of halogens is 2. The van der Waals surface area contributed by atoms with Gasteiger partial charge in [0.15, 0.2) is 11.5 Å². The van der Waals surface area contributed by atoms with Crippen LogP contribution >= 0.6 is 0 Å². The molecule has 1 aliphatic heterocycles. The normalized spacial score (nSPS) is 15.0. The highest BCUT2D eigenvalue weighted by molar-refractivity contribution is 5.71. The van der Waals surface area contributed by atoms with E-state index in [9.17, 15) is 29.2 Å². The van der Waals surface area contributed by atoms with E-state index in [1.165, 1.54) is 6.07 Å². The Hall–Kier alpha value is -4.30. The van der Waals surface area contributed by atoms with E-state index >= 15 is 0 Å². The molecule has 49 heavy (non-hydrogen) atoms. The van der Waals surface area contributed by atoms with Crippen LogP contribution in [0.3, 0.4) is 0 Å². The fourth-order valence-electron chi connectivity index (χ4n) is 5.51. The maximum absolute atomic E-state index is 14.4. The number of nitrogens with one attached hydrogen (secondary N) is 1. The molecule has 1 aliphatic rings. The molecule has 262 valence electrons. The van der Waals surface area contributed by atoms with Gasteiger partial charge in [-0.25, -0.2) is 8.78 Å². The van der Waals surface area contributed by atoms with Crippen molar-refractivity contribution in [2.24, 2.45) is 0 Å². The molecule has 12 heteroatoms. The number of aliphatic hydroxyl groups excluding tert-OH is 5. The zero-order chi connectivity index (χ0) is 35.1. The third-order valence-corrected chi connectivity index (χ3v) is 8.43. The van der Waals surface area contributed by atoms with E-state index < -0.39 is 42.7 Å². The van der Waals surface area contributed by atoms with Gasteiger partial charge in [-0.3, -0.25) is 0 Å². The summed E-state index contributed by atoms with van der Waals surface area (Å²) in [4.78, 5) is 0. The minimum atomic E-state index is -1.75. The zero-order valence-electron chi connectivity index (χ0n) is 27.2. The molecular formula is C37H41F2NO9. The molecule has 0 bridgehead atoms. The summed E-state index contributed by atoms with van der Waals surface area (Å²) >= 11 is 0. The van der Waals surface area contributed by atoms with Crippen LogP contribution in [-0.4, -0.2) is 76.3 Å². The van der Waals surface area contributed by atoms with Crippen LogP contribution in [-0.2, 0) is 19.8 Å². The summed E-state index contributed by atoms with van der Waals surface area (Å²) in [5.41, 5.74) is 5.50. The van der Waals surface area contributed by atoms with Gasteiger partial charge in [0, 0.05) is 36.3 Å². The minimum absolute atomic E-state index is 0.126. The van der Waals surface area contributed by atoms with Gasteiger partial charge in [-0.05, 0) is 72.0 Å². The van der Waals surface area contributed by atoms with Gasteiger partial charge in [-0.15, -0.1) is 0 Å². The smallest absolute Gasteiger partial charge is 0.161 e. The standard InChI is InChI=1S/C37H41F2NO9/c1-21-12-26(16-40-17-30(42)36(44)37(45)31(43)18-41)34(49-20-25-6-8-27(38)14-29(25)39)15-33(21)48-19-24-4-3-5-28(22(24)2)23-7-9-32-35(13-23)47-11-10-46-32/h3-9,12-15,30-31,36-37,40-45H,10-11,16-20H2,1-2H3. The second-order valence-corrected chi connectivity index (χ2v) is 11.9. The van der Waals surface area contributed by atoms with Gasteiger partial charge in [0.05, 0.1) is 12.7 Å². The summed E-state index contributed by atoms with van der Waals surface area (Å²) in [5.74, 6) is 0.808. The molecule has 4 aromatic rings. The first kappa shape index (κ1) is 36.0. The fraction of sp³-hybridized carbons (Fsp3) is 0.351.